The van der Waals surface area contributed by atoms with Crippen LogP contribution in [0.1, 0.15) is 97.8 Å². The van der Waals surface area contributed by atoms with Crippen molar-refractivity contribution in [2.75, 3.05) is 14.1 Å². The summed E-state index contributed by atoms with van der Waals surface area (Å²) in [4.78, 5) is 14.4. The number of likely N-dealkylation sites (N-methyl/N-ethyl adjacent to an activating group) is 1. The molecule has 0 radical (unpaired) electrons. The highest BCUT2D eigenvalue weighted by Gasteiger charge is 2.32. The number of carbonyl (C=O) groups is 1. The lowest BCUT2D eigenvalue weighted by molar-refractivity contribution is -0.129. The summed E-state index contributed by atoms with van der Waals surface area (Å²) >= 11 is 0. The summed E-state index contributed by atoms with van der Waals surface area (Å²) in [5, 5.41) is 0. The second kappa shape index (κ2) is 12.2. The normalized spacial score (nSPS) is 14.4. The number of nitrogens with zero attached hydrogens (tertiary/aromatic N) is 1. The molecule has 0 fully saturated rings. The van der Waals surface area contributed by atoms with Crippen LogP contribution in [-0.2, 0) is 4.79 Å². The molecule has 2 heteroatoms. The van der Waals surface area contributed by atoms with Crippen LogP contribution in [0.3, 0.4) is 0 Å². The van der Waals surface area contributed by atoms with Crippen LogP contribution in [0.5, 0.6) is 0 Å². The topological polar surface area (TPSA) is 20.3 Å². The first kappa shape index (κ1) is 20.6. The molecule has 1 unspecified atom stereocenters. The average Bonchev–Trinajstić information content (AvgIpc) is 2.47. The summed E-state index contributed by atoms with van der Waals surface area (Å²) in [6.45, 7) is 6.45. The lowest BCUT2D eigenvalue weighted by atomic mass is 9.88. The Balaban J connectivity index is 3.56. The number of Topliss-reactive ketones (excluding diaryl/α,β-unsaturated/α-hetero) is 1. The molecule has 0 aliphatic heterocycles. The molecule has 0 heterocycles. The van der Waals surface area contributed by atoms with Gasteiger partial charge in [-0.05, 0) is 33.9 Å². The maximum Gasteiger partial charge on any atom is 0.152 e. The first-order valence-electron chi connectivity index (χ1n) is 9.19. The Labute approximate surface area is 133 Å². The third-order valence-electron chi connectivity index (χ3n) is 5.03. The number of hydrogen-bond acceptors (Lipinski definition) is 2. The zero-order valence-electron chi connectivity index (χ0n) is 15.3. The Morgan fingerprint density at radius 2 is 1.24 bits per heavy atom. The van der Waals surface area contributed by atoms with Gasteiger partial charge in [0.2, 0.25) is 0 Å². The zero-order chi connectivity index (χ0) is 16.1. The number of rotatable bonds is 14. The van der Waals surface area contributed by atoms with Gasteiger partial charge in [-0.15, -0.1) is 0 Å². The second-order valence-electron chi connectivity index (χ2n) is 6.88. The van der Waals surface area contributed by atoms with Gasteiger partial charge in [0.15, 0.2) is 5.78 Å². The molecule has 0 N–H and O–H groups in total. The Morgan fingerprint density at radius 1 is 0.810 bits per heavy atom. The van der Waals surface area contributed by atoms with Gasteiger partial charge in [0.05, 0.1) is 5.54 Å². The van der Waals surface area contributed by atoms with E-state index in [0.29, 0.717) is 5.78 Å². The summed E-state index contributed by atoms with van der Waals surface area (Å²) in [5.74, 6) is 0.412. The molecule has 0 amide bonds. The molecule has 0 saturated carbocycles. The predicted molar refractivity (Wildman–Crippen MR) is 93.9 cm³/mol. The van der Waals surface area contributed by atoms with Crippen molar-refractivity contribution in [3.05, 3.63) is 0 Å². The monoisotopic (exact) mass is 297 g/mol. The lowest BCUT2D eigenvalue weighted by Crippen LogP contribution is -2.47. The van der Waals surface area contributed by atoms with E-state index in [4.69, 9.17) is 0 Å². The molecule has 0 aromatic carbocycles. The van der Waals surface area contributed by atoms with Gasteiger partial charge in [-0.2, -0.15) is 0 Å². The number of ketones is 1. The van der Waals surface area contributed by atoms with Crippen LogP contribution in [0.2, 0.25) is 0 Å². The van der Waals surface area contributed by atoms with Crippen molar-refractivity contribution in [2.45, 2.75) is 103 Å². The van der Waals surface area contributed by atoms with Gasteiger partial charge in [-0.3, -0.25) is 9.69 Å². The van der Waals surface area contributed by atoms with Gasteiger partial charge in [0.1, 0.15) is 0 Å². The van der Waals surface area contributed by atoms with Crippen LogP contribution >= 0.6 is 0 Å². The van der Waals surface area contributed by atoms with Crippen molar-refractivity contribution >= 4 is 5.78 Å². The third-order valence-corrected chi connectivity index (χ3v) is 5.03. The molecule has 2 nitrogen and oxygen atoms in total. The fourth-order valence-corrected chi connectivity index (χ4v) is 2.81. The van der Waals surface area contributed by atoms with E-state index in [1.165, 1.54) is 57.8 Å². The largest absolute Gasteiger partial charge is 0.298 e. The Morgan fingerprint density at radius 3 is 1.62 bits per heavy atom. The molecule has 126 valence electrons. The Bertz CT molecular complexity index is 262. The van der Waals surface area contributed by atoms with E-state index in [0.717, 1.165) is 19.3 Å². The Kier molecular flexibility index (Phi) is 12.0. The van der Waals surface area contributed by atoms with Crippen LogP contribution in [0.25, 0.3) is 0 Å². The minimum atomic E-state index is -0.265. The molecule has 0 aromatic heterocycles. The summed E-state index contributed by atoms with van der Waals surface area (Å²) < 4.78 is 0. The van der Waals surface area contributed by atoms with E-state index in [-0.39, 0.29) is 5.54 Å². The molecule has 0 saturated heterocycles. The maximum absolute atomic E-state index is 12.3. The molecule has 1 atom stereocenters. The van der Waals surface area contributed by atoms with E-state index < -0.39 is 0 Å². The number of carbonyl (C=O) groups excluding carboxylic acids is 1. The zero-order valence-corrected chi connectivity index (χ0v) is 15.3. The smallest absolute Gasteiger partial charge is 0.152 e. The van der Waals surface area contributed by atoms with Crippen LogP contribution in [0, 0.1) is 0 Å². The summed E-state index contributed by atoms with van der Waals surface area (Å²) in [6.07, 6.45) is 14.9. The van der Waals surface area contributed by atoms with E-state index in [1.54, 1.807) is 0 Å². The number of hydrogen-bond donors (Lipinski definition) is 0. The predicted octanol–water partition coefficient (Wildman–Crippen LogP) is 5.60. The van der Waals surface area contributed by atoms with Gasteiger partial charge in [-0.1, -0.05) is 71.6 Å². The first-order valence-corrected chi connectivity index (χ1v) is 9.19. The molecule has 0 aromatic rings. The van der Waals surface area contributed by atoms with E-state index >= 15 is 0 Å². The quantitative estimate of drug-likeness (QED) is 0.389. The lowest BCUT2D eigenvalue weighted by Gasteiger charge is -2.34. The fourth-order valence-electron chi connectivity index (χ4n) is 2.81. The standard InChI is InChI=1S/C19H39NO/c1-6-8-9-10-11-12-13-14-15-16-17-18(21)19(3,7-2)20(4)5/h6-17H2,1-5H3. The van der Waals surface area contributed by atoms with E-state index in [1.807, 2.05) is 14.1 Å². The molecular formula is C19H39NO. The van der Waals surface area contributed by atoms with Crippen molar-refractivity contribution in [3.63, 3.8) is 0 Å². The van der Waals surface area contributed by atoms with Gasteiger partial charge in [0, 0.05) is 6.42 Å². The molecule has 0 spiro atoms. The minimum absolute atomic E-state index is 0.265. The molecule has 21 heavy (non-hydrogen) atoms. The van der Waals surface area contributed by atoms with Crippen molar-refractivity contribution in [1.29, 1.82) is 0 Å². The van der Waals surface area contributed by atoms with Crippen LogP contribution in [0.4, 0.5) is 0 Å². The van der Waals surface area contributed by atoms with Crippen LogP contribution in [-0.4, -0.2) is 30.3 Å². The highest BCUT2D eigenvalue weighted by atomic mass is 16.1. The van der Waals surface area contributed by atoms with Crippen molar-refractivity contribution in [3.8, 4) is 0 Å². The second-order valence-corrected chi connectivity index (χ2v) is 6.88. The van der Waals surface area contributed by atoms with Crippen molar-refractivity contribution < 1.29 is 4.79 Å². The van der Waals surface area contributed by atoms with Crippen LogP contribution < -0.4 is 0 Å². The van der Waals surface area contributed by atoms with Gasteiger partial charge < -0.3 is 0 Å². The molecule has 0 aliphatic rings. The van der Waals surface area contributed by atoms with Gasteiger partial charge in [-0.25, -0.2) is 0 Å². The first-order chi connectivity index (χ1) is 9.99. The van der Waals surface area contributed by atoms with E-state index in [2.05, 4.69) is 25.7 Å². The summed E-state index contributed by atoms with van der Waals surface area (Å²) in [7, 11) is 4.03. The molecular weight excluding hydrogens is 258 g/mol. The van der Waals surface area contributed by atoms with Crippen molar-refractivity contribution in [1.82, 2.24) is 4.90 Å². The molecule has 0 rings (SSSR count). The SMILES string of the molecule is CCCCCCCCCCCCC(=O)C(C)(CC)N(C)C. The van der Waals surface area contributed by atoms with Crippen LogP contribution in [0.15, 0.2) is 0 Å². The fraction of sp³-hybridized carbons (Fsp3) is 0.947. The molecule has 0 aliphatic carbocycles. The summed E-state index contributed by atoms with van der Waals surface area (Å²) in [5.41, 5.74) is -0.265. The van der Waals surface area contributed by atoms with Crippen molar-refractivity contribution in [2.24, 2.45) is 0 Å². The molecule has 0 bridgehead atoms. The van der Waals surface area contributed by atoms with Gasteiger partial charge >= 0.3 is 0 Å². The van der Waals surface area contributed by atoms with Gasteiger partial charge in [0.25, 0.3) is 0 Å². The Hall–Kier alpha value is -0.370. The highest BCUT2D eigenvalue weighted by Crippen LogP contribution is 2.21. The third kappa shape index (κ3) is 8.60. The van der Waals surface area contributed by atoms with E-state index in [9.17, 15) is 4.79 Å². The average molecular weight is 298 g/mol. The highest BCUT2D eigenvalue weighted by molar-refractivity contribution is 5.87. The minimum Gasteiger partial charge on any atom is -0.298 e. The summed E-state index contributed by atoms with van der Waals surface area (Å²) in [6, 6.07) is 0. The number of unbranched alkanes of at least 4 members (excludes halogenated alkanes) is 9. The maximum atomic E-state index is 12.3.